The highest BCUT2D eigenvalue weighted by Gasteiger charge is 2.60. The summed E-state index contributed by atoms with van der Waals surface area (Å²) in [6, 6.07) is 0. The van der Waals surface area contributed by atoms with Gasteiger partial charge in [-0.2, -0.15) is 0 Å². The van der Waals surface area contributed by atoms with E-state index in [-0.39, 0.29) is 16.6 Å². The van der Waals surface area contributed by atoms with Crippen LogP contribution in [0.2, 0.25) is 0 Å². The van der Waals surface area contributed by atoms with E-state index in [9.17, 15) is 4.79 Å². The van der Waals surface area contributed by atoms with Crippen molar-refractivity contribution in [2.45, 2.75) is 96.1 Å². The first-order chi connectivity index (χ1) is 9.94. The van der Waals surface area contributed by atoms with Crippen molar-refractivity contribution in [1.29, 1.82) is 0 Å². The van der Waals surface area contributed by atoms with Gasteiger partial charge in [-0.25, -0.2) is 0 Å². The molecule has 0 aromatic carbocycles. The molecule has 0 amide bonds. The third kappa shape index (κ3) is 2.11. The first-order valence-electron chi connectivity index (χ1n) is 8.81. The molecular formula is C18H28O3. The second-order valence-corrected chi connectivity index (χ2v) is 8.52. The van der Waals surface area contributed by atoms with Crippen LogP contribution in [0.3, 0.4) is 0 Å². The van der Waals surface area contributed by atoms with Crippen molar-refractivity contribution in [3.63, 3.8) is 0 Å². The Kier molecular flexibility index (Phi) is 3.07. The summed E-state index contributed by atoms with van der Waals surface area (Å²) in [4.78, 5) is 12.0. The molecule has 1 heterocycles. The molecule has 4 fully saturated rings. The zero-order chi connectivity index (χ0) is 14.7. The van der Waals surface area contributed by atoms with Gasteiger partial charge in [0.05, 0.1) is 12.2 Å². The number of rotatable bonds is 0. The number of hydrogen-bond donors (Lipinski definition) is 0. The molecule has 1 spiro atoms. The Morgan fingerprint density at radius 2 is 1.62 bits per heavy atom. The molecule has 3 nitrogen and oxygen atoms in total. The summed E-state index contributed by atoms with van der Waals surface area (Å²) in [5.74, 6) is 0.0494. The fraction of sp³-hybridized carbons (Fsp3) is 0.944. The topological polar surface area (TPSA) is 35.5 Å². The van der Waals surface area contributed by atoms with Crippen LogP contribution in [0.5, 0.6) is 0 Å². The van der Waals surface area contributed by atoms with Crippen LogP contribution in [0.15, 0.2) is 0 Å². The Bertz CT molecular complexity index is 445. The molecular weight excluding hydrogens is 264 g/mol. The van der Waals surface area contributed by atoms with Crippen LogP contribution >= 0.6 is 0 Å². The molecule has 0 aromatic rings. The molecule has 0 N–H and O–H groups in total. The maximum atomic E-state index is 12.0. The molecule has 3 saturated carbocycles. The zero-order valence-corrected chi connectivity index (χ0v) is 13.5. The highest BCUT2D eigenvalue weighted by atomic mass is 16.8. The van der Waals surface area contributed by atoms with E-state index in [1.807, 2.05) is 0 Å². The molecule has 4 rings (SSSR count). The molecule has 4 atom stereocenters. The summed E-state index contributed by atoms with van der Waals surface area (Å²) >= 11 is 0. The number of carbonyl (C=O) groups is 1. The maximum Gasteiger partial charge on any atom is 0.169 e. The summed E-state index contributed by atoms with van der Waals surface area (Å²) in [7, 11) is 0. The average Bonchev–Trinajstić information content (AvgIpc) is 2.78. The van der Waals surface area contributed by atoms with Gasteiger partial charge >= 0.3 is 0 Å². The predicted octanol–water partition coefficient (Wildman–Crippen LogP) is 3.99. The third-order valence-corrected chi connectivity index (χ3v) is 7.09. The van der Waals surface area contributed by atoms with Gasteiger partial charge in [0, 0.05) is 25.7 Å². The van der Waals surface area contributed by atoms with Crippen LogP contribution in [-0.4, -0.2) is 23.8 Å². The third-order valence-electron chi connectivity index (χ3n) is 7.09. The van der Waals surface area contributed by atoms with Crippen molar-refractivity contribution >= 4 is 5.78 Å². The second-order valence-electron chi connectivity index (χ2n) is 8.52. The van der Waals surface area contributed by atoms with E-state index in [0.29, 0.717) is 24.4 Å². The Labute approximate surface area is 127 Å². The van der Waals surface area contributed by atoms with E-state index in [4.69, 9.17) is 9.47 Å². The number of carbonyl (C=O) groups excluding carboxylic acids is 1. The lowest BCUT2D eigenvalue weighted by molar-refractivity contribution is -0.243. The number of ether oxygens (including phenoxy) is 2. The van der Waals surface area contributed by atoms with E-state index in [0.717, 1.165) is 44.9 Å². The van der Waals surface area contributed by atoms with Crippen molar-refractivity contribution in [2.24, 2.45) is 10.8 Å². The van der Waals surface area contributed by atoms with Crippen LogP contribution < -0.4 is 0 Å². The molecule has 1 saturated heterocycles. The fourth-order valence-corrected chi connectivity index (χ4v) is 5.42. The first-order valence-corrected chi connectivity index (χ1v) is 8.81. The van der Waals surface area contributed by atoms with Gasteiger partial charge in [0.25, 0.3) is 0 Å². The smallest absolute Gasteiger partial charge is 0.169 e. The van der Waals surface area contributed by atoms with Crippen molar-refractivity contribution in [3.8, 4) is 0 Å². The normalized spacial score (nSPS) is 53.5. The predicted molar refractivity (Wildman–Crippen MR) is 79.9 cm³/mol. The maximum absolute atomic E-state index is 12.0. The van der Waals surface area contributed by atoms with Gasteiger partial charge in [-0.15, -0.1) is 0 Å². The fourth-order valence-electron chi connectivity index (χ4n) is 5.42. The summed E-state index contributed by atoms with van der Waals surface area (Å²) in [6.07, 6.45) is 11.1. The molecule has 2 unspecified atom stereocenters. The van der Waals surface area contributed by atoms with Crippen LogP contribution in [0.1, 0.15) is 78.1 Å². The largest absolute Gasteiger partial charge is 0.344 e. The average molecular weight is 292 g/mol. The van der Waals surface area contributed by atoms with Crippen LogP contribution in [0.4, 0.5) is 0 Å². The summed E-state index contributed by atoms with van der Waals surface area (Å²) < 4.78 is 12.9. The molecule has 21 heavy (non-hydrogen) atoms. The van der Waals surface area contributed by atoms with Crippen molar-refractivity contribution in [3.05, 3.63) is 0 Å². The Balaban J connectivity index is 1.59. The van der Waals surface area contributed by atoms with Gasteiger partial charge in [-0.1, -0.05) is 26.7 Å². The summed E-state index contributed by atoms with van der Waals surface area (Å²) in [5.41, 5.74) is 0.334. The Hall–Kier alpha value is -0.410. The number of hydrogen-bond acceptors (Lipinski definition) is 3. The summed E-state index contributed by atoms with van der Waals surface area (Å²) in [5, 5.41) is 0. The van der Waals surface area contributed by atoms with E-state index < -0.39 is 0 Å². The minimum absolute atomic E-state index is 0.0497. The lowest BCUT2D eigenvalue weighted by Crippen LogP contribution is -2.54. The Morgan fingerprint density at radius 3 is 2.29 bits per heavy atom. The molecule has 0 radical (unpaired) electrons. The van der Waals surface area contributed by atoms with E-state index >= 15 is 0 Å². The van der Waals surface area contributed by atoms with Crippen LogP contribution in [0.25, 0.3) is 0 Å². The van der Waals surface area contributed by atoms with E-state index in [2.05, 4.69) is 13.8 Å². The zero-order valence-electron chi connectivity index (χ0n) is 13.5. The van der Waals surface area contributed by atoms with Crippen molar-refractivity contribution < 1.29 is 14.3 Å². The number of fused-ring (bicyclic) bond motifs is 2. The van der Waals surface area contributed by atoms with Gasteiger partial charge in [0.2, 0.25) is 0 Å². The molecule has 3 aliphatic carbocycles. The van der Waals surface area contributed by atoms with Gasteiger partial charge in [0.1, 0.15) is 5.78 Å². The molecule has 118 valence electrons. The molecule has 0 aromatic heterocycles. The van der Waals surface area contributed by atoms with E-state index in [1.165, 1.54) is 12.8 Å². The van der Waals surface area contributed by atoms with Crippen molar-refractivity contribution in [2.75, 3.05) is 0 Å². The number of Topliss-reactive ketones (excluding diaryl/α,β-unsaturated/α-hetero) is 1. The standard InChI is InChI=1S/C18H28O3/c1-16-8-7-13(19)11-17(16,2)12-18(10-9-16)20-14-5-3-4-6-15(14)21-18/h14-15H,3-12H2,1-2H3/t14?,15?,16-,17+,18?/m1/s1. The number of ketones is 1. The van der Waals surface area contributed by atoms with Crippen molar-refractivity contribution in [1.82, 2.24) is 0 Å². The highest BCUT2D eigenvalue weighted by Crippen LogP contribution is 2.62. The lowest BCUT2D eigenvalue weighted by Gasteiger charge is -2.57. The van der Waals surface area contributed by atoms with Gasteiger partial charge in [0.15, 0.2) is 5.79 Å². The van der Waals surface area contributed by atoms with E-state index in [1.54, 1.807) is 0 Å². The molecule has 3 heteroatoms. The Morgan fingerprint density at radius 1 is 0.952 bits per heavy atom. The SMILES string of the molecule is C[C@]12CCC(=O)C[C@@]1(C)CC1(CC2)OC2CCCCC2O1. The minimum Gasteiger partial charge on any atom is -0.344 e. The summed E-state index contributed by atoms with van der Waals surface area (Å²) in [6.45, 7) is 4.69. The van der Waals surface area contributed by atoms with Crippen LogP contribution in [0, 0.1) is 10.8 Å². The lowest BCUT2D eigenvalue weighted by atomic mass is 9.50. The molecule has 4 aliphatic rings. The highest BCUT2D eigenvalue weighted by molar-refractivity contribution is 5.80. The minimum atomic E-state index is -0.383. The second kappa shape index (κ2) is 4.55. The van der Waals surface area contributed by atoms with Crippen LogP contribution in [-0.2, 0) is 14.3 Å². The molecule has 0 bridgehead atoms. The molecule has 1 aliphatic heterocycles. The first kappa shape index (κ1) is 14.2. The monoisotopic (exact) mass is 292 g/mol. The van der Waals surface area contributed by atoms with Gasteiger partial charge < -0.3 is 9.47 Å². The van der Waals surface area contributed by atoms with Gasteiger partial charge in [-0.05, 0) is 36.5 Å². The quantitative estimate of drug-likeness (QED) is 0.677. The van der Waals surface area contributed by atoms with Gasteiger partial charge in [-0.3, -0.25) is 4.79 Å².